The molecule has 0 spiro atoms. The molecule has 0 bridgehead atoms. The van der Waals surface area contributed by atoms with Gasteiger partial charge in [-0.2, -0.15) is 0 Å². The van der Waals surface area contributed by atoms with Crippen LogP contribution in [-0.2, 0) is 6.54 Å². The number of hydrogen-bond donors (Lipinski definition) is 1. The van der Waals surface area contributed by atoms with Crippen LogP contribution < -0.4 is 19.9 Å². The smallest absolute Gasteiger partial charge is 0.130 e. The number of methoxy groups -OCH3 is 3. The summed E-state index contributed by atoms with van der Waals surface area (Å²) in [7, 11) is 4.77. The van der Waals surface area contributed by atoms with Crippen molar-refractivity contribution in [3.63, 3.8) is 0 Å². The van der Waals surface area contributed by atoms with Crippen LogP contribution in [0, 0.1) is 0 Å². The van der Waals surface area contributed by atoms with E-state index in [1.54, 1.807) is 33.5 Å². The third kappa shape index (κ3) is 1.90. The lowest BCUT2D eigenvalue weighted by Gasteiger charge is -2.13. The van der Waals surface area contributed by atoms with Crippen LogP contribution >= 0.6 is 0 Å². The average Bonchev–Trinajstić information content (AvgIpc) is 2.26. The normalized spacial score (nSPS) is 9.71. The fourth-order valence-corrected chi connectivity index (χ4v) is 1.28. The molecule has 0 heterocycles. The summed E-state index contributed by atoms with van der Waals surface area (Å²) < 4.78 is 15.5. The molecule has 4 nitrogen and oxygen atoms in total. The highest BCUT2D eigenvalue weighted by Crippen LogP contribution is 2.33. The minimum Gasteiger partial charge on any atom is -0.496 e. The van der Waals surface area contributed by atoms with Crippen molar-refractivity contribution < 1.29 is 14.2 Å². The van der Waals surface area contributed by atoms with Gasteiger partial charge in [-0.3, -0.25) is 0 Å². The standard InChI is InChI=1S/C10H15NO3/c1-12-7-4-9(13-2)8(6-11)10(5-7)14-3/h4-5H,6,11H2,1-3H3. The van der Waals surface area contributed by atoms with Crippen molar-refractivity contribution in [2.45, 2.75) is 6.54 Å². The largest absolute Gasteiger partial charge is 0.496 e. The van der Waals surface area contributed by atoms with Crippen molar-refractivity contribution >= 4 is 0 Å². The highest BCUT2D eigenvalue weighted by Gasteiger charge is 2.10. The van der Waals surface area contributed by atoms with Gasteiger partial charge < -0.3 is 19.9 Å². The van der Waals surface area contributed by atoms with Crippen molar-refractivity contribution in [3.05, 3.63) is 17.7 Å². The highest BCUT2D eigenvalue weighted by atomic mass is 16.5. The second kappa shape index (κ2) is 4.72. The Morgan fingerprint density at radius 2 is 1.50 bits per heavy atom. The first-order chi connectivity index (χ1) is 6.76. The summed E-state index contributed by atoms with van der Waals surface area (Å²) in [6, 6.07) is 3.56. The molecule has 0 aliphatic carbocycles. The van der Waals surface area contributed by atoms with Crippen molar-refractivity contribution in [3.8, 4) is 17.2 Å². The van der Waals surface area contributed by atoms with Gasteiger partial charge in [0.1, 0.15) is 17.2 Å². The Labute approximate surface area is 83.6 Å². The Balaban J connectivity index is 3.24. The Morgan fingerprint density at radius 3 is 1.79 bits per heavy atom. The Bertz CT molecular complexity index is 287. The van der Waals surface area contributed by atoms with E-state index in [9.17, 15) is 0 Å². The van der Waals surface area contributed by atoms with Gasteiger partial charge in [-0.05, 0) is 0 Å². The molecule has 0 atom stereocenters. The van der Waals surface area contributed by atoms with Gasteiger partial charge in [0.15, 0.2) is 0 Å². The molecule has 1 aromatic rings. The van der Waals surface area contributed by atoms with E-state index in [0.717, 1.165) is 5.56 Å². The van der Waals surface area contributed by atoms with E-state index >= 15 is 0 Å². The average molecular weight is 197 g/mol. The van der Waals surface area contributed by atoms with Crippen LogP contribution in [0.25, 0.3) is 0 Å². The van der Waals surface area contributed by atoms with Gasteiger partial charge in [0.25, 0.3) is 0 Å². The Morgan fingerprint density at radius 1 is 1.00 bits per heavy atom. The molecule has 0 saturated carbocycles. The lowest BCUT2D eigenvalue weighted by Crippen LogP contribution is -2.03. The van der Waals surface area contributed by atoms with Crippen LogP contribution in [0.4, 0.5) is 0 Å². The fourth-order valence-electron chi connectivity index (χ4n) is 1.28. The number of rotatable bonds is 4. The zero-order valence-electron chi connectivity index (χ0n) is 8.66. The molecule has 0 aliphatic rings. The summed E-state index contributed by atoms with van der Waals surface area (Å²) in [5.41, 5.74) is 6.44. The van der Waals surface area contributed by atoms with Crippen molar-refractivity contribution in [2.24, 2.45) is 5.73 Å². The molecule has 0 unspecified atom stereocenters. The third-order valence-corrected chi connectivity index (χ3v) is 2.02. The second-order valence-electron chi connectivity index (χ2n) is 2.71. The highest BCUT2D eigenvalue weighted by molar-refractivity contribution is 5.50. The minimum atomic E-state index is 0.371. The number of ether oxygens (including phenoxy) is 3. The third-order valence-electron chi connectivity index (χ3n) is 2.02. The van der Waals surface area contributed by atoms with Crippen molar-refractivity contribution in [1.82, 2.24) is 0 Å². The molecule has 14 heavy (non-hydrogen) atoms. The molecule has 2 N–H and O–H groups in total. The zero-order chi connectivity index (χ0) is 10.6. The van der Waals surface area contributed by atoms with Gasteiger partial charge in [0, 0.05) is 24.2 Å². The summed E-state index contributed by atoms with van der Waals surface area (Å²) in [5, 5.41) is 0. The van der Waals surface area contributed by atoms with Gasteiger partial charge in [-0.25, -0.2) is 0 Å². The van der Waals surface area contributed by atoms with Crippen molar-refractivity contribution in [1.29, 1.82) is 0 Å². The van der Waals surface area contributed by atoms with E-state index in [4.69, 9.17) is 19.9 Å². The van der Waals surface area contributed by atoms with Gasteiger partial charge in [0.05, 0.1) is 21.3 Å². The van der Waals surface area contributed by atoms with Crippen LogP contribution in [0.1, 0.15) is 5.56 Å². The molecular formula is C10H15NO3. The molecule has 0 fully saturated rings. The van der Waals surface area contributed by atoms with E-state index < -0.39 is 0 Å². The fraction of sp³-hybridized carbons (Fsp3) is 0.400. The van der Waals surface area contributed by atoms with Gasteiger partial charge in [-0.15, -0.1) is 0 Å². The Kier molecular flexibility index (Phi) is 3.59. The summed E-state index contributed by atoms with van der Waals surface area (Å²) in [5.74, 6) is 2.06. The molecule has 78 valence electrons. The molecule has 0 radical (unpaired) electrons. The SMILES string of the molecule is COc1cc(OC)c(CN)c(OC)c1. The van der Waals surface area contributed by atoms with Gasteiger partial charge in [-0.1, -0.05) is 0 Å². The maximum absolute atomic E-state index is 5.59. The predicted octanol–water partition coefficient (Wildman–Crippen LogP) is 1.17. The molecule has 0 amide bonds. The number of benzene rings is 1. The molecular weight excluding hydrogens is 182 g/mol. The lowest BCUT2D eigenvalue weighted by molar-refractivity contribution is 0.369. The lowest BCUT2D eigenvalue weighted by atomic mass is 10.1. The predicted molar refractivity (Wildman–Crippen MR) is 54.0 cm³/mol. The first-order valence-corrected chi connectivity index (χ1v) is 4.25. The summed E-state index contributed by atoms with van der Waals surface area (Å²) in [6.07, 6.45) is 0. The van der Waals surface area contributed by atoms with E-state index in [-0.39, 0.29) is 0 Å². The minimum absolute atomic E-state index is 0.371. The van der Waals surface area contributed by atoms with Crippen LogP contribution in [0.2, 0.25) is 0 Å². The molecule has 1 rings (SSSR count). The van der Waals surface area contributed by atoms with Gasteiger partial charge in [0.2, 0.25) is 0 Å². The molecule has 0 saturated heterocycles. The number of hydrogen-bond acceptors (Lipinski definition) is 4. The molecule has 1 aromatic carbocycles. The van der Waals surface area contributed by atoms with Crippen molar-refractivity contribution in [2.75, 3.05) is 21.3 Å². The first kappa shape index (κ1) is 10.7. The van der Waals surface area contributed by atoms with Crippen LogP contribution in [-0.4, -0.2) is 21.3 Å². The molecule has 0 aromatic heterocycles. The van der Waals surface area contributed by atoms with Crippen LogP contribution in [0.3, 0.4) is 0 Å². The quantitative estimate of drug-likeness (QED) is 0.787. The van der Waals surface area contributed by atoms with E-state index in [1.165, 1.54) is 0 Å². The number of nitrogens with two attached hydrogens (primary N) is 1. The van der Waals surface area contributed by atoms with Crippen LogP contribution in [0.15, 0.2) is 12.1 Å². The maximum atomic E-state index is 5.59. The monoisotopic (exact) mass is 197 g/mol. The second-order valence-corrected chi connectivity index (χ2v) is 2.71. The molecule has 0 aliphatic heterocycles. The first-order valence-electron chi connectivity index (χ1n) is 4.25. The van der Waals surface area contributed by atoms with Crippen LogP contribution in [0.5, 0.6) is 17.2 Å². The summed E-state index contributed by atoms with van der Waals surface area (Å²) in [6.45, 7) is 0.371. The van der Waals surface area contributed by atoms with E-state index in [2.05, 4.69) is 0 Å². The van der Waals surface area contributed by atoms with Gasteiger partial charge >= 0.3 is 0 Å². The van der Waals surface area contributed by atoms with E-state index in [0.29, 0.717) is 23.8 Å². The summed E-state index contributed by atoms with van der Waals surface area (Å²) in [4.78, 5) is 0. The van der Waals surface area contributed by atoms with E-state index in [1.807, 2.05) is 0 Å². The zero-order valence-corrected chi connectivity index (χ0v) is 8.66. The Hall–Kier alpha value is -1.42. The topological polar surface area (TPSA) is 53.7 Å². The molecule has 4 heteroatoms. The summed E-state index contributed by atoms with van der Waals surface area (Å²) >= 11 is 0. The maximum Gasteiger partial charge on any atom is 0.130 e.